The van der Waals surface area contributed by atoms with Crippen LogP contribution in [0.15, 0.2) is 0 Å². The summed E-state index contributed by atoms with van der Waals surface area (Å²) in [6, 6.07) is 0. The second kappa shape index (κ2) is 7.44. The first-order valence-corrected chi connectivity index (χ1v) is 8.18. The fourth-order valence-electron chi connectivity index (χ4n) is 2.32. The monoisotopic (exact) mass is 342 g/mol. The van der Waals surface area contributed by atoms with Crippen molar-refractivity contribution in [3.8, 4) is 0 Å². The van der Waals surface area contributed by atoms with E-state index >= 15 is 0 Å². The minimum absolute atomic E-state index is 0.0377. The fourth-order valence-corrected chi connectivity index (χ4v) is 3.07. The van der Waals surface area contributed by atoms with Crippen LogP contribution >= 0.6 is 11.8 Å². The average Bonchev–Trinajstić information content (AvgIpc) is 2.86. The summed E-state index contributed by atoms with van der Waals surface area (Å²) in [5.41, 5.74) is 0. The molecule has 2 fully saturated rings. The second-order valence-electron chi connectivity index (χ2n) is 5.15. The smallest absolute Gasteiger partial charge is 0.312 e. The van der Waals surface area contributed by atoms with Crippen LogP contribution in [0.3, 0.4) is 0 Å². The molecule has 9 nitrogen and oxygen atoms in total. The summed E-state index contributed by atoms with van der Waals surface area (Å²) >= 11 is 0.921. The van der Waals surface area contributed by atoms with Gasteiger partial charge in [0, 0.05) is 46.2 Å². The Hall–Kier alpha value is -2.10. The van der Waals surface area contributed by atoms with Crippen molar-refractivity contribution >= 4 is 40.6 Å². The Labute approximate surface area is 137 Å². The molecule has 2 aliphatic heterocycles. The lowest BCUT2D eigenvalue weighted by Crippen LogP contribution is -2.54. The summed E-state index contributed by atoms with van der Waals surface area (Å²) in [6.45, 7) is 2.99. The predicted octanol–water partition coefficient (Wildman–Crippen LogP) is -1.51. The predicted molar refractivity (Wildman–Crippen MR) is 81.4 cm³/mol. The maximum Gasteiger partial charge on any atom is 0.312 e. The highest BCUT2D eigenvalue weighted by atomic mass is 32.2. The number of carbonyl (C=O) groups is 5. The first kappa shape index (κ1) is 17.3. The first-order chi connectivity index (χ1) is 10.9. The standard InChI is InChI=1S/C13H18N4O5S/c1-9(18)15-4-6-16(7-5-15)12(21)11(20)14-2-3-17-10(19)8-23-13(17)22/h2-8H2,1H3,(H,14,20). The normalized spacial score (nSPS) is 18.4. The summed E-state index contributed by atoms with van der Waals surface area (Å²) in [7, 11) is 0. The number of hydrogen-bond donors (Lipinski definition) is 1. The third kappa shape index (κ3) is 4.21. The summed E-state index contributed by atoms with van der Waals surface area (Å²) in [4.78, 5) is 61.8. The van der Waals surface area contributed by atoms with Gasteiger partial charge in [0.05, 0.1) is 5.75 Å². The highest BCUT2D eigenvalue weighted by Gasteiger charge is 2.30. The van der Waals surface area contributed by atoms with Crippen molar-refractivity contribution in [1.82, 2.24) is 20.0 Å². The maximum atomic E-state index is 12.0. The van der Waals surface area contributed by atoms with Crippen LogP contribution in [0.25, 0.3) is 0 Å². The summed E-state index contributed by atoms with van der Waals surface area (Å²) in [6.07, 6.45) is 0. The molecular formula is C13H18N4O5S. The molecule has 2 heterocycles. The van der Waals surface area contributed by atoms with Crippen molar-refractivity contribution in [2.45, 2.75) is 6.92 Å². The molecule has 0 bridgehead atoms. The molecule has 2 aliphatic rings. The summed E-state index contributed by atoms with van der Waals surface area (Å²) < 4.78 is 0. The lowest BCUT2D eigenvalue weighted by Gasteiger charge is -2.33. The molecule has 126 valence electrons. The van der Waals surface area contributed by atoms with Crippen LogP contribution in [0.5, 0.6) is 0 Å². The van der Waals surface area contributed by atoms with E-state index in [4.69, 9.17) is 0 Å². The Balaban J connectivity index is 1.73. The zero-order valence-electron chi connectivity index (χ0n) is 12.7. The van der Waals surface area contributed by atoms with Gasteiger partial charge in [0.15, 0.2) is 0 Å². The molecule has 0 aromatic carbocycles. The summed E-state index contributed by atoms with van der Waals surface area (Å²) in [5.74, 6) is -1.67. The number of hydrogen-bond acceptors (Lipinski definition) is 6. The number of nitrogens with zero attached hydrogens (tertiary/aromatic N) is 3. The zero-order chi connectivity index (χ0) is 17.0. The van der Waals surface area contributed by atoms with Gasteiger partial charge in [-0.3, -0.25) is 28.9 Å². The molecule has 10 heteroatoms. The quantitative estimate of drug-likeness (QED) is 0.625. The fraction of sp³-hybridized carbons (Fsp3) is 0.615. The summed E-state index contributed by atoms with van der Waals surface area (Å²) in [5, 5.41) is 2.08. The molecule has 0 aromatic heterocycles. The van der Waals surface area contributed by atoms with Crippen molar-refractivity contribution in [3.05, 3.63) is 0 Å². The van der Waals surface area contributed by atoms with Gasteiger partial charge in [0.25, 0.3) is 5.24 Å². The van der Waals surface area contributed by atoms with Crippen LogP contribution in [-0.2, 0) is 19.2 Å². The van der Waals surface area contributed by atoms with Crippen LogP contribution in [0.1, 0.15) is 6.92 Å². The lowest BCUT2D eigenvalue weighted by atomic mass is 10.3. The molecule has 2 saturated heterocycles. The highest BCUT2D eigenvalue weighted by molar-refractivity contribution is 8.14. The molecule has 0 aliphatic carbocycles. The number of nitrogens with one attached hydrogen (secondary N) is 1. The zero-order valence-corrected chi connectivity index (χ0v) is 13.6. The number of thioether (sulfide) groups is 1. The van der Waals surface area contributed by atoms with Gasteiger partial charge >= 0.3 is 11.8 Å². The Morgan fingerprint density at radius 2 is 1.70 bits per heavy atom. The average molecular weight is 342 g/mol. The molecule has 5 amide bonds. The van der Waals surface area contributed by atoms with Gasteiger partial charge in [0.1, 0.15) is 0 Å². The molecule has 0 aromatic rings. The van der Waals surface area contributed by atoms with E-state index in [2.05, 4.69) is 5.32 Å². The minimum atomic E-state index is -0.770. The van der Waals surface area contributed by atoms with Crippen molar-refractivity contribution in [3.63, 3.8) is 0 Å². The van der Waals surface area contributed by atoms with Crippen molar-refractivity contribution in [2.24, 2.45) is 0 Å². The second-order valence-corrected chi connectivity index (χ2v) is 6.08. The van der Waals surface area contributed by atoms with E-state index in [1.54, 1.807) is 4.90 Å². The van der Waals surface area contributed by atoms with Crippen molar-refractivity contribution < 1.29 is 24.0 Å². The van der Waals surface area contributed by atoms with E-state index < -0.39 is 11.8 Å². The lowest BCUT2D eigenvalue weighted by molar-refractivity contribution is -0.148. The minimum Gasteiger partial charge on any atom is -0.346 e. The molecule has 1 N–H and O–H groups in total. The molecular weight excluding hydrogens is 324 g/mol. The molecule has 23 heavy (non-hydrogen) atoms. The van der Waals surface area contributed by atoms with Gasteiger partial charge in [-0.25, -0.2) is 0 Å². The number of carbonyl (C=O) groups excluding carboxylic acids is 5. The van der Waals surface area contributed by atoms with E-state index in [1.807, 2.05) is 0 Å². The van der Waals surface area contributed by atoms with Crippen molar-refractivity contribution in [1.29, 1.82) is 0 Å². The number of piperazine rings is 1. The largest absolute Gasteiger partial charge is 0.346 e. The first-order valence-electron chi connectivity index (χ1n) is 7.20. The number of imide groups is 1. The van der Waals surface area contributed by atoms with Crippen molar-refractivity contribution in [2.75, 3.05) is 45.0 Å². The van der Waals surface area contributed by atoms with Gasteiger partial charge < -0.3 is 15.1 Å². The van der Waals surface area contributed by atoms with E-state index in [9.17, 15) is 24.0 Å². The molecule has 0 unspecified atom stereocenters. The Morgan fingerprint density at radius 3 is 2.22 bits per heavy atom. The Kier molecular flexibility index (Phi) is 5.59. The van der Waals surface area contributed by atoms with Crippen LogP contribution < -0.4 is 5.32 Å². The number of amides is 5. The topological polar surface area (TPSA) is 107 Å². The van der Waals surface area contributed by atoms with E-state index in [0.29, 0.717) is 26.2 Å². The van der Waals surface area contributed by atoms with Gasteiger partial charge in [0.2, 0.25) is 11.8 Å². The maximum absolute atomic E-state index is 12.0. The molecule has 0 saturated carbocycles. The van der Waals surface area contributed by atoms with E-state index in [-0.39, 0.29) is 35.9 Å². The Bertz CT molecular complexity index is 528. The van der Waals surface area contributed by atoms with Gasteiger partial charge in [-0.05, 0) is 0 Å². The van der Waals surface area contributed by atoms with Crippen LogP contribution in [0.4, 0.5) is 4.79 Å². The van der Waals surface area contributed by atoms with Crippen LogP contribution in [0.2, 0.25) is 0 Å². The third-order valence-corrected chi connectivity index (χ3v) is 4.53. The number of rotatable bonds is 3. The third-order valence-electron chi connectivity index (χ3n) is 3.67. The SMILES string of the molecule is CC(=O)N1CCN(C(=O)C(=O)NCCN2C(=O)CSC2=O)CC1. The van der Waals surface area contributed by atoms with Crippen LogP contribution in [0, 0.1) is 0 Å². The van der Waals surface area contributed by atoms with E-state index in [1.165, 1.54) is 11.8 Å². The molecule has 0 radical (unpaired) electrons. The van der Waals surface area contributed by atoms with Gasteiger partial charge in [-0.2, -0.15) is 0 Å². The van der Waals surface area contributed by atoms with Gasteiger partial charge in [-0.15, -0.1) is 0 Å². The van der Waals surface area contributed by atoms with Crippen LogP contribution in [-0.4, -0.2) is 88.6 Å². The van der Waals surface area contributed by atoms with Gasteiger partial charge in [-0.1, -0.05) is 11.8 Å². The highest BCUT2D eigenvalue weighted by Crippen LogP contribution is 2.17. The van der Waals surface area contributed by atoms with E-state index in [0.717, 1.165) is 16.7 Å². The Morgan fingerprint density at radius 1 is 1.09 bits per heavy atom. The molecule has 0 spiro atoms. The molecule has 0 atom stereocenters. The molecule has 2 rings (SSSR count).